The second kappa shape index (κ2) is 5.03. The van der Waals surface area contributed by atoms with Crippen molar-refractivity contribution in [3.05, 3.63) is 0 Å². The molecule has 0 bridgehead atoms. The molecule has 108 valence electrons. The molecule has 3 atom stereocenters. The predicted molar refractivity (Wildman–Crippen MR) is 76.9 cm³/mol. The number of hydrogen-bond donors (Lipinski definition) is 0. The second-order valence-corrected chi connectivity index (χ2v) is 7.69. The highest BCUT2D eigenvalue weighted by Crippen LogP contribution is 2.56. The standard InChI is InChI=1S/C17H28O2/c1-12(18)9-10-17(4)14-8-6-5-7-13(14)11-16(2,3)15(17)19/h13-14H,5-11H2,1-4H3. The Kier molecular flexibility index (Phi) is 3.90. The summed E-state index contributed by atoms with van der Waals surface area (Å²) in [5, 5.41) is 0. The topological polar surface area (TPSA) is 34.1 Å². The normalized spacial score (nSPS) is 37.8. The lowest BCUT2D eigenvalue weighted by molar-refractivity contribution is -0.152. The summed E-state index contributed by atoms with van der Waals surface area (Å²) >= 11 is 0. The maximum atomic E-state index is 12.9. The van der Waals surface area contributed by atoms with Gasteiger partial charge in [-0.05, 0) is 38.0 Å². The Morgan fingerprint density at radius 1 is 1.21 bits per heavy atom. The van der Waals surface area contributed by atoms with Gasteiger partial charge in [-0.1, -0.05) is 40.0 Å². The highest BCUT2D eigenvalue weighted by atomic mass is 16.1. The summed E-state index contributed by atoms with van der Waals surface area (Å²) in [5.74, 6) is 1.83. The van der Waals surface area contributed by atoms with Gasteiger partial charge >= 0.3 is 0 Å². The quantitative estimate of drug-likeness (QED) is 0.766. The van der Waals surface area contributed by atoms with Crippen molar-refractivity contribution in [2.24, 2.45) is 22.7 Å². The molecule has 0 radical (unpaired) electrons. The number of carbonyl (C=O) groups excluding carboxylic acids is 2. The minimum atomic E-state index is -0.265. The molecule has 19 heavy (non-hydrogen) atoms. The fourth-order valence-electron chi connectivity index (χ4n) is 4.71. The first-order chi connectivity index (χ1) is 8.77. The minimum absolute atomic E-state index is 0.204. The molecule has 2 nitrogen and oxygen atoms in total. The van der Waals surface area contributed by atoms with E-state index in [-0.39, 0.29) is 16.6 Å². The predicted octanol–water partition coefficient (Wildman–Crippen LogP) is 4.17. The zero-order valence-corrected chi connectivity index (χ0v) is 12.9. The first-order valence-electron chi connectivity index (χ1n) is 7.82. The van der Waals surface area contributed by atoms with Crippen LogP contribution < -0.4 is 0 Å². The lowest BCUT2D eigenvalue weighted by Crippen LogP contribution is -2.53. The molecule has 0 aromatic heterocycles. The lowest BCUT2D eigenvalue weighted by atomic mass is 9.50. The van der Waals surface area contributed by atoms with Crippen LogP contribution in [0.15, 0.2) is 0 Å². The summed E-state index contributed by atoms with van der Waals surface area (Å²) in [7, 11) is 0. The van der Waals surface area contributed by atoms with Crippen molar-refractivity contribution in [2.75, 3.05) is 0 Å². The van der Waals surface area contributed by atoms with E-state index in [2.05, 4.69) is 20.8 Å². The summed E-state index contributed by atoms with van der Waals surface area (Å²) in [6.45, 7) is 7.99. The van der Waals surface area contributed by atoms with E-state index in [1.165, 1.54) is 25.7 Å². The van der Waals surface area contributed by atoms with Crippen LogP contribution in [0.2, 0.25) is 0 Å². The van der Waals surface area contributed by atoms with Crippen molar-refractivity contribution in [3.8, 4) is 0 Å². The highest BCUT2D eigenvalue weighted by molar-refractivity contribution is 5.91. The Morgan fingerprint density at radius 3 is 2.47 bits per heavy atom. The van der Waals surface area contributed by atoms with Gasteiger partial charge in [0.2, 0.25) is 0 Å². The third-order valence-electron chi connectivity index (χ3n) is 5.63. The van der Waals surface area contributed by atoms with Gasteiger partial charge < -0.3 is 4.79 Å². The number of Topliss-reactive ketones (excluding diaryl/α,β-unsaturated/α-hetero) is 2. The van der Waals surface area contributed by atoms with Crippen molar-refractivity contribution in [3.63, 3.8) is 0 Å². The Balaban J connectivity index is 2.28. The van der Waals surface area contributed by atoms with Gasteiger partial charge in [-0.3, -0.25) is 4.79 Å². The van der Waals surface area contributed by atoms with Crippen molar-refractivity contribution < 1.29 is 9.59 Å². The van der Waals surface area contributed by atoms with Gasteiger partial charge in [0.15, 0.2) is 0 Å². The Hall–Kier alpha value is -0.660. The molecule has 3 unspecified atom stereocenters. The molecule has 2 fully saturated rings. The van der Waals surface area contributed by atoms with Gasteiger partial charge in [0.05, 0.1) is 0 Å². The van der Waals surface area contributed by atoms with Crippen LogP contribution >= 0.6 is 0 Å². The summed E-state index contributed by atoms with van der Waals surface area (Å²) in [5.41, 5.74) is -0.470. The van der Waals surface area contributed by atoms with Crippen LogP contribution in [0.5, 0.6) is 0 Å². The monoisotopic (exact) mass is 264 g/mol. The van der Waals surface area contributed by atoms with Gasteiger partial charge in [-0.25, -0.2) is 0 Å². The smallest absolute Gasteiger partial charge is 0.144 e. The molecule has 0 amide bonds. The van der Waals surface area contributed by atoms with Crippen molar-refractivity contribution in [1.82, 2.24) is 0 Å². The average Bonchev–Trinajstić information content (AvgIpc) is 2.34. The van der Waals surface area contributed by atoms with Gasteiger partial charge in [0, 0.05) is 17.3 Å². The molecule has 2 rings (SSSR count). The van der Waals surface area contributed by atoms with Gasteiger partial charge in [-0.15, -0.1) is 0 Å². The lowest BCUT2D eigenvalue weighted by Gasteiger charge is -2.53. The molecule has 2 aliphatic rings. The summed E-state index contributed by atoms with van der Waals surface area (Å²) in [4.78, 5) is 24.3. The molecule has 0 aromatic carbocycles. The zero-order chi connectivity index (χ0) is 14.3. The van der Waals surface area contributed by atoms with E-state index in [9.17, 15) is 9.59 Å². The SMILES string of the molecule is CC(=O)CCC1(C)C(=O)C(C)(C)CC2CCCCC21. The largest absolute Gasteiger partial charge is 0.300 e. The van der Waals surface area contributed by atoms with Gasteiger partial charge in [0.1, 0.15) is 11.6 Å². The average molecular weight is 264 g/mol. The van der Waals surface area contributed by atoms with Crippen LogP contribution in [0.3, 0.4) is 0 Å². The molecule has 0 aromatic rings. The Morgan fingerprint density at radius 2 is 1.84 bits per heavy atom. The highest BCUT2D eigenvalue weighted by Gasteiger charge is 2.54. The van der Waals surface area contributed by atoms with E-state index >= 15 is 0 Å². The maximum Gasteiger partial charge on any atom is 0.144 e. The molecule has 0 spiro atoms. The van der Waals surface area contributed by atoms with Crippen molar-refractivity contribution >= 4 is 11.6 Å². The zero-order valence-electron chi connectivity index (χ0n) is 12.9. The summed E-state index contributed by atoms with van der Waals surface area (Å²) < 4.78 is 0. The number of fused-ring (bicyclic) bond motifs is 1. The van der Waals surface area contributed by atoms with Crippen LogP contribution in [0.1, 0.15) is 72.6 Å². The fourth-order valence-corrected chi connectivity index (χ4v) is 4.71. The summed E-state index contributed by atoms with van der Waals surface area (Å²) in [6.07, 6.45) is 7.39. The summed E-state index contributed by atoms with van der Waals surface area (Å²) in [6, 6.07) is 0. The first kappa shape index (κ1) is 14.7. The number of hydrogen-bond acceptors (Lipinski definition) is 2. The van der Waals surface area contributed by atoms with Gasteiger partial charge in [-0.2, -0.15) is 0 Å². The third kappa shape index (κ3) is 2.64. The van der Waals surface area contributed by atoms with Crippen LogP contribution in [0.4, 0.5) is 0 Å². The van der Waals surface area contributed by atoms with E-state index in [4.69, 9.17) is 0 Å². The van der Waals surface area contributed by atoms with Gasteiger partial charge in [0.25, 0.3) is 0 Å². The van der Waals surface area contributed by atoms with Crippen molar-refractivity contribution in [1.29, 1.82) is 0 Å². The van der Waals surface area contributed by atoms with Crippen LogP contribution in [0, 0.1) is 22.7 Å². The van der Waals surface area contributed by atoms with E-state index in [1.54, 1.807) is 6.92 Å². The van der Waals surface area contributed by atoms with E-state index in [0.29, 0.717) is 24.0 Å². The minimum Gasteiger partial charge on any atom is -0.300 e. The molecule has 0 aliphatic heterocycles. The molecular weight excluding hydrogens is 236 g/mol. The number of rotatable bonds is 3. The number of carbonyl (C=O) groups is 2. The van der Waals surface area contributed by atoms with Crippen LogP contribution in [0.25, 0.3) is 0 Å². The molecule has 2 heteroatoms. The molecular formula is C17H28O2. The van der Waals surface area contributed by atoms with E-state index in [1.807, 2.05) is 0 Å². The van der Waals surface area contributed by atoms with Crippen LogP contribution in [-0.4, -0.2) is 11.6 Å². The fraction of sp³-hybridized carbons (Fsp3) is 0.882. The van der Waals surface area contributed by atoms with Crippen molar-refractivity contribution in [2.45, 2.75) is 72.6 Å². The number of ketones is 2. The molecule has 0 saturated heterocycles. The Labute approximate surface area is 117 Å². The molecule has 0 heterocycles. The molecule has 2 saturated carbocycles. The maximum absolute atomic E-state index is 12.9. The third-order valence-corrected chi connectivity index (χ3v) is 5.63. The second-order valence-electron chi connectivity index (χ2n) is 7.69. The Bertz CT molecular complexity index is 383. The van der Waals surface area contributed by atoms with Crippen LogP contribution in [-0.2, 0) is 9.59 Å². The molecule has 2 aliphatic carbocycles. The first-order valence-corrected chi connectivity index (χ1v) is 7.82. The van der Waals surface area contributed by atoms with E-state index < -0.39 is 0 Å². The molecule has 0 N–H and O–H groups in total. The van der Waals surface area contributed by atoms with E-state index in [0.717, 1.165) is 12.8 Å².